The van der Waals surface area contributed by atoms with Crippen LogP contribution in [-0.2, 0) is 16.8 Å². The molecule has 2 N–H and O–H groups in total. The molecule has 6 heteroatoms. The summed E-state index contributed by atoms with van der Waals surface area (Å²) in [5, 5.41) is 0. The summed E-state index contributed by atoms with van der Waals surface area (Å²) in [6.07, 6.45) is 5.83. The predicted octanol–water partition coefficient (Wildman–Crippen LogP) is 3.50. The van der Waals surface area contributed by atoms with Gasteiger partial charge in [-0.05, 0) is 48.2 Å². The number of nitrogen functional groups attached to an aromatic ring is 1. The number of carbonyl (C=O) groups is 2. The normalized spacial score (nSPS) is 16.6. The zero-order valence-electron chi connectivity index (χ0n) is 17.6. The van der Waals surface area contributed by atoms with Crippen LogP contribution in [0, 0.1) is 0 Å². The van der Waals surface area contributed by atoms with Crippen LogP contribution in [0.25, 0.3) is 0 Å². The Hall–Kier alpha value is -3.28. The molecule has 0 unspecified atom stereocenters. The Balaban J connectivity index is 1.73. The van der Waals surface area contributed by atoms with Crippen molar-refractivity contribution in [3.8, 4) is 5.75 Å². The molecule has 1 aliphatic heterocycles. The van der Waals surface area contributed by atoms with E-state index < -0.39 is 5.41 Å². The number of fused-ring (bicyclic) bond motifs is 2. The lowest BCUT2D eigenvalue weighted by molar-refractivity contribution is -0.126. The maximum absolute atomic E-state index is 13.5. The fourth-order valence-corrected chi connectivity index (χ4v) is 4.33. The van der Waals surface area contributed by atoms with Gasteiger partial charge in [-0.1, -0.05) is 18.6 Å². The standard InChI is InChI=1S/C24H27N3O3/c1-26(2)12-9-21(28)17-13-19-22(20(25)14-17)27(23(29)24(19)10-4-11-24)15-16-5-7-18(30-3)8-6-16/h5-9,12-14H,4,10-11,15,25H2,1-3H3/b12-9+. The first-order valence-corrected chi connectivity index (χ1v) is 10.1. The van der Waals surface area contributed by atoms with Gasteiger partial charge < -0.3 is 20.3 Å². The fraction of sp³-hybridized carbons (Fsp3) is 0.333. The number of ether oxygens (including phenoxy) is 1. The largest absolute Gasteiger partial charge is 0.497 e. The summed E-state index contributed by atoms with van der Waals surface area (Å²) in [6.45, 7) is 0.440. The molecule has 1 fully saturated rings. The van der Waals surface area contributed by atoms with Crippen LogP contribution in [0.4, 0.5) is 11.4 Å². The van der Waals surface area contributed by atoms with Crippen molar-refractivity contribution in [2.45, 2.75) is 31.2 Å². The van der Waals surface area contributed by atoms with Crippen molar-refractivity contribution in [3.63, 3.8) is 0 Å². The summed E-state index contributed by atoms with van der Waals surface area (Å²) in [4.78, 5) is 29.7. The van der Waals surface area contributed by atoms with Crippen LogP contribution >= 0.6 is 0 Å². The Morgan fingerprint density at radius 3 is 2.50 bits per heavy atom. The molecule has 2 aliphatic rings. The Morgan fingerprint density at radius 2 is 1.93 bits per heavy atom. The van der Waals surface area contributed by atoms with E-state index in [1.165, 1.54) is 6.08 Å². The first kappa shape index (κ1) is 20.0. The minimum Gasteiger partial charge on any atom is -0.497 e. The van der Waals surface area contributed by atoms with E-state index >= 15 is 0 Å². The molecule has 1 amide bonds. The molecule has 0 bridgehead atoms. The maximum Gasteiger partial charge on any atom is 0.238 e. The summed E-state index contributed by atoms with van der Waals surface area (Å²) in [6, 6.07) is 11.2. The van der Waals surface area contributed by atoms with Crippen LogP contribution in [0.3, 0.4) is 0 Å². The molecule has 1 saturated carbocycles. The first-order valence-electron chi connectivity index (χ1n) is 10.1. The van der Waals surface area contributed by atoms with Gasteiger partial charge >= 0.3 is 0 Å². The van der Waals surface area contributed by atoms with E-state index in [1.807, 2.05) is 49.3 Å². The van der Waals surface area contributed by atoms with Crippen molar-refractivity contribution in [3.05, 3.63) is 65.4 Å². The van der Waals surface area contributed by atoms with Gasteiger partial charge in [0.05, 0.1) is 30.4 Å². The molecule has 6 nitrogen and oxygen atoms in total. The molecule has 2 aromatic rings. The highest BCUT2D eigenvalue weighted by Crippen LogP contribution is 2.55. The number of nitrogens with two attached hydrogens (primary N) is 1. The summed E-state index contributed by atoms with van der Waals surface area (Å²) in [7, 11) is 5.35. The van der Waals surface area contributed by atoms with Gasteiger partial charge in [0.25, 0.3) is 0 Å². The zero-order valence-corrected chi connectivity index (χ0v) is 17.6. The number of ketones is 1. The average molecular weight is 405 g/mol. The van der Waals surface area contributed by atoms with Gasteiger partial charge in [0.1, 0.15) is 5.75 Å². The Kier molecular flexibility index (Phi) is 5.02. The number of nitrogens with zero attached hydrogens (tertiary/aromatic N) is 2. The highest BCUT2D eigenvalue weighted by molar-refractivity contribution is 6.13. The number of benzene rings is 2. The third-order valence-corrected chi connectivity index (χ3v) is 6.09. The van der Waals surface area contributed by atoms with Gasteiger partial charge in [-0.15, -0.1) is 0 Å². The summed E-state index contributed by atoms with van der Waals surface area (Å²) in [5.41, 5.74) is 9.52. The molecule has 0 saturated heterocycles. The van der Waals surface area contributed by atoms with Crippen LogP contribution in [-0.4, -0.2) is 37.8 Å². The number of allylic oxidation sites excluding steroid dienone is 1. The van der Waals surface area contributed by atoms with E-state index in [9.17, 15) is 9.59 Å². The number of rotatable bonds is 6. The second-order valence-electron chi connectivity index (χ2n) is 8.28. The molecule has 1 aliphatic carbocycles. The van der Waals surface area contributed by atoms with Gasteiger partial charge in [0.15, 0.2) is 5.78 Å². The molecular weight excluding hydrogens is 378 g/mol. The minimum atomic E-state index is -0.544. The number of carbonyl (C=O) groups excluding carboxylic acids is 2. The third-order valence-electron chi connectivity index (χ3n) is 6.09. The smallest absolute Gasteiger partial charge is 0.238 e. The van der Waals surface area contributed by atoms with E-state index in [2.05, 4.69) is 0 Å². The summed E-state index contributed by atoms with van der Waals surface area (Å²) >= 11 is 0. The molecule has 156 valence electrons. The van der Waals surface area contributed by atoms with Crippen LogP contribution in [0.5, 0.6) is 5.75 Å². The number of methoxy groups -OCH3 is 1. The Morgan fingerprint density at radius 1 is 1.23 bits per heavy atom. The SMILES string of the molecule is COc1ccc(CN2C(=O)C3(CCC3)c3cc(C(=O)/C=C/N(C)C)cc(N)c32)cc1. The second kappa shape index (κ2) is 7.52. The van der Waals surface area contributed by atoms with Crippen molar-refractivity contribution in [2.75, 3.05) is 31.8 Å². The lowest BCUT2D eigenvalue weighted by atomic mass is 9.65. The fourth-order valence-electron chi connectivity index (χ4n) is 4.33. The molecule has 1 heterocycles. The molecule has 2 aromatic carbocycles. The monoisotopic (exact) mass is 405 g/mol. The number of hydrogen-bond donors (Lipinski definition) is 1. The van der Waals surface area contributed by atoms with Crippen molar-refractivity contribution in [1.82, 2.24) is 4.90 Å². The Bertz CT molecular complexity index is 1020. The predicted molar refractivity (Wildman–Crippen MR) is 118 cm³/mol. The van der Waals surface area contributed by atoms with E-state index in [1.54, 1.807) is 24.3 Å². The van der Waals surface area contributed by atoms with Gasteiger partial charge in [-0.3, -0.25) is 9.59 Å². The molecule has 1 spiro atoms. The highest BCUT2D eigenvalue weighted by Gasteiger charge is 2.55. The topological polar surface area (TPSA) is 75.9 Å². The molecule has 30 heavy (non-hydrogen) atoms. The van der Waals surface area contributed by atoms with Gasteiger partial charge in [0, 0.05) is 31.9 Å². The van der Waals surface area contributed by atoms with Crippen LogP contribution < -0.4 is 15.4 Å². The van der Waals surface area contributed by atoms with E-state index in [-0.39, 0.29) is 11.7 Å². The molecule has 4 rings (SSSR count). The van der Waals surface area contributed by atoms with Crippen molar-refractivity contribution in [1.29, 1.82) is 0 Å². The summed E-state index contributed by atoms with van der Waals surface area (Å²) in [5.74, 6) is 0.740. The third kappa shape index (κ3) is 3.22. The quantitative estimate of drug-likeness (QED) is 0.452. The van der Waals surface area contributed by atoms with E-state index in [4.69, 9.17) is 10.5 Å². The molecule has 0 aromatic heterocycles. The summed E-state index contributed by atoms with van der Waals surface area (Å²) < 4.78 is 5.22. The van der Waals surface area contributed by atoms with E-state index in [0.29, 0.717) is 17.8 Å². The van der Waals surface area contributed by atoms with Crippen molar-refractivity contribution in [2.24, 2.45) is 0 Å². The minimum absolute atomic E-state index is 0.0831. The van der Waals surface area contributed by atoms with Crippen molar-refractivity contribution >= 4 is 23.1 Å². The van der Waals surface area contributed by atoms with Gasteiger partial charge in [0.2, 0.25) is 5.91 Å². The maximum atomic E-state index is 13.5. The van der Waals surface area contributed by atoms with Gasteiger partial charge in [-0.2, -0.15) is 0 Å². The Labute approximate surface area is 176 Å². The van der Waals surface area contributed by atoms with Crippen LogP contribution in [0.15, 0.2) is 48.7 Å². The molecule has 0 radical (unpaired) electrons. The molecule has 0 atom stereocenters. The second-order valence-corrected chi connectivity index (χ2v) is 8.28. The number of hydrogen-bond acceptors (Lipinski definition) is 5. The molecular formula is C24H27N3O3. The lowest BCUT2D eigenvalue weighted by Gasteiger charge is -2.37. The lowest BCUT2D eigenvalue weighted by Crippen LogP contribution is -2.44. The highest BCUT2D eigenvalue weighted by atomic mass is 16.5. The van der Waals surface area contributed by atoms with Crippen LogP contribution in [0.2, 0.25) is 0 Å². The van der Waals surface area contributed by atoms with Gasteiger partial charge in [-0.25, -0.2) is 0 Å². The van der Waals surface area contributed by atoms with E-state index in [0.717, 1.165) is 41.8 Å². The number of anilines is 2. The van der Waals surface area contributed by atoms with Crippen LogP contribution in [0.1, 0.15) is 40.7 Å². The first-order chi connectivity index (χ1) is 14.4. The average Bonchev–Trinajstić information content (AvgIpc) is 2.95. The van der Waals surface area contributed by atoms with Crippen molar-refractivity contribution < 1.29 is 14.3 Å². The zero-order chi connectivity index (χ0) is 21.5. The number of amides is 1.